The van der Waals surface area contributed by atoms with E-state index in [1.165, 1.54) is 0 Å². The first-order valence-electron chi connectivity index (χ1n) is 7.98. The van der Waals surface area contributed by atoms with Crippen molar-refractivity contribution in [3.05, 3.63) is 59.0 Å². The molecule has 8 heteroatoms. The molecule has 1 N–H and O–H groups in total. The van der Waals surface area contributed by atoms with Crippen molar-refractivity contribution in [1.82, 2.24) is 15.1 Å². The van der Waals surface area contributed by atoms with Crippen LogP contribution < -0.4 is 10.1 Å². The predicted octanol–water partition coefficient (Wildman–Crippen LogP) is 4.03. The maximum absolute atomic E-state index is 12.2. The quantitative estimate of drug-likeness (QED) is 0.657. The number of carbonyl (C=O) groups is 1. The highest BCUT2D eigenvalue weighted by Gasteiger charge is 2.16. The summed E-state index contributed by atoms with van der Waals surface area (Å²) in [5.41, 5.74) is 0.885. The number of rotatable bonds is 7. The Kier molecular flexibility index (Phi) is 5.85. The Morgan fingerprint density at radius 3 is 2.96 bits per heavy atom. The molecule has 2 heterocycles. The van der Waals surface area contributed by atoms with Gasteiger partial charge in [-0.1, -0.05) is 23.2 Å². The molecule has 26 heavy (non-hydrogen) atoms. The summed E-state index contributed by atoms with van der Waals surface area (Å²) in [6.45, 7) is 2.60. The second-order valence-corrected chi connectivity index (χ2v) is 6.44. The van der Waals surface area contributed by atoms with Crippen LogP contribution in [0.5, 0.6) is 5.75 Å². The Balaban J connectivity index is 1.47. The average Bonchev–Trinajstić information content (AvgIpc) is 3.28. The molecule has 0 saturated carbocycles. The van der Waals surface area contributed by atoms with Crippen LogP contribution in [0.2, 0.25) is 10.0 Å². The minimum atomic E-state index is -0.690. The number of ether oxygens (including phenoxy) is 1. The third-order valence-electron chi connectivity index (χ3n) is 3.65. The Morgan fingerprint density at radius 2 is 2.23 bits per heavy atom. The molecule has 0 saturated heterocycles. The van der Waals surface area contributed by atoms with Gasteiger partial charge >= 0.3 is 0 Å². The molecule has 1 unspecified atom stereocenters. The molecule has 136 valence electrons. The Labute approximate surface area is 160 Å². The molecule has 0 spiro atoms. The molecule has 0 fully saturated rings. The van der Waals surface area contributed by atoms with Crippen LogP contribution in [0.4, 0.5) is 0 Å². The lowest BCUT2D eigenvalue weighted by molar-refractivity contribution is -0.127. The number of hydrogen-bond acceptors (Lipinski definition) is 4. The van der Waals surface area contributed by atoms with E-state index in [4.69, 9.17) is 32.4 Å². The minimum Gasteiger partial charge on any atom is -0.479 e. The zero-order chi connectivity index (χ0) is 18.5. The van der Waals surface area contributed by atoms with Crippen LogP contribution in [-0.2, 0) is 11.3 Å². The number of aromatic nitrogens is 2. The van der Waals surface area contributed by atoms with Crippen molar-refractivity contribution in [2.24, 2.45) is 0 Å². The smallest absolute Gasteiger partial charge is 0.260 e. The van der Waals surface area contributed by atoms with Gasteiger partial charge < -0.3 is 14.5 Å². The topological polar surface area (TPSA) is 69.3 Å². The molecule has 0 aliphatic carbocycles. The molecular formula is C18H17Cl2N3O3. The summed E-state index contributed by atoms with van der Waals surface area (Å²) in [6, 6.07) is 8.54. The van der Waals surface area contributed by atoms with Crippen LogP contribution in [0.25, 0.3) is 11.3 Å². The number of carbonyl (C=O) groups excluding carboxylic acids is 1. The first-order chi connectivity index (χ1) is 12.5. The van der Waals surface area contributed by atoms with Gasteiger partial charge in [0.15, 0.2) is 6.10 Å². The average molecular weight is 394 g/mol. The highest BCUT2D eigenvalue weighted by Crippen LogP contribution is 2.28. The summed E-state index contributed by atoms with van der Waals surface area (Å²) in [5.74, 6) is 0.922. The fourth-order valence-electron chi connectivity index (χ4n) is 2.31. The number of hydrogen-bond donors (Lipinski definition) is 1. The number of nitrogens with one attached hydrogen (secondary N) is 1. The highest BCUT2D eigenvalue weighted by atomic mass is 35.5. The van der Waals surface area contributed by atoms with Gasteiger partial charge in [0.05, 0.1) is 29.6 Å². The van der Waals surface area contributed by atoms with E-state index in [0.717, 1.165) is 11.3 Å². The van der Waals surface area contributed by atoms with E-state index in [9.17, 15) is 4.79 Å². The third-order valence-corrected chi connectivity index (χ3v) is 4.18. The van der Waals surface area contributed by atoms with E-state index in [1.807, 2.05) is 18.3 Å². The van der Waals surface area contributed by atoms with Crippen molar-refractivity contribution in [1.29, 1.82) is 0 Å². The largest absolute Gasteiger partial charge is 0.479 e. The molecule has 0 aliphatic heterocycles. The molecule has 2 aromatic heterocycles. The van der Waals surface area contributed by atoms with E-state index in [-0.39, 0.29) is 5.91 Å². The summed E-state index contributed by atoms with van der Waals surface area (Å²) in [6.07, 6.45) is 4.50. The Bertz CT molecular complexity index is 878. The number of furan rings is 1. The van der Waals surface area contributed by atoms with Crippen molar-refractivity contribution in [2.45, 2.75) is 19.6 Å². The van der Waals surface area contributed by atoms with Crippen LogP contribution in [0.3, 0.4) is 0 Å². The number of halogens is 2. The first kappa shape index (κ1) is 18.4. The normalized spacial score (nSPS) is 12.0. The molecule has 6 nitrogen and oxygen atoms in total. The number of amides is 1. The fourth-order valence-corrected chi connectivity index (χ4v) is 2.76. The van der Waals surface area contributed by atoms with Crippen LogP contribution in [0.15, 0.2) is 53.4 Å². The lowest BCUT2D eigenvalue weighted by Crippen LogP contribution is -2.38. The van der Waals surface area contributed by atoms with Crippen molar-refractivity contribution in [2.75, 3.05) is 6.54 Å². The van der Waals surface area contributed by atoms with Gasteiger partial charge in [-0.15, -0.1) is 0 Å². The molecule has 0 aliphatic rings. The van der Waals surface area contributed by atoms with Crippen molar-refractivity contribution >= 4 is 29.1 Å². The molecular weight excluding hydrogens is 377 g/mol. The highest BCUT2D eigenvalue weighted by molar-refractivity contribution is 6.35. The van der Waals surface area contributed by atoms with Crippen LogP contribution in [0, 0.1) is 0 Å². The minimum absolute atomic E-state index is 0.241. The van der Waals surface area contributed by atoms with E-state index in [2.05, 4.69) is 10.4 Å². The van der Waals surface area contributed by atoms with Gasteiger partial charge in [0.25, 0.3) is 5.91 Å². The lowest BCUT2D eigenvalue weighted by atomic mass is 10.3. The maximum Gasteiger partial charge on any atom is 0.260 e. The van der Waals surface area contributed by atoms with Gasteiger partial charge in [0, 0.05) is 17.8 Å². The Morgan fingerprint density at radius 1 is 1.38 bits per heavy atom. The maximum atomic E-state index is 12.2. The van der Waals surface area contributed by atoms with Crippen LogP contribution in [-0.4, -0.2) is 28.3 Å². The number of benzene rings is 1. The lowest BCUT2D eigenvalue weighted by Gasteiger charge is -2.15. The van der Waals surface area contributed by atoms with Gasteiger partial charge in [-0.2, -0.15) is 5.10 Å². The first-order valence-corrected chi connectivity index (χ1v) is 8.74. The molecule has 0 bridgehead atoms. The summed E-state index contributed by atoms with van der Waals surface area (Å²) in [7, 11) is 0. The SMILES string of the molecule is CC(Oc1ccc(Cl)cc1Cl)C(=O)NCCn1cc(-c2ccco2)cn1. The summed E-state index contributed by atoms with van der Waals surface area (Å²) < 4.78 is 12.6. The van der Waals surface area contributed by atoms with Gasteiger partial charge in [-0.25, -0.2) is 0 Å². The van der Waals surface area contributed by atoms with E-state index in [0.29, 0.717) is 28.9 Å². The molecule has 1 amide bonds. The molecule has 3 aromatic rings. The van der Waals surface area contributed by atoms with E-state index in [1.54, 1.807) is 42.3 Å². The third kappa shape index (κ3) is 4.59. The monoisotopic (exact) mass is 393 g/mol. The summed E-state index contributed by atoms with van der Waals surface area (Å²) in [5, 5.41) is 7.92. The van der Waals surface area contributed by atoms with Gasteiger partial charge in [0.2, 0.25) is 0 Å². The van der Waals surface area contributed by atoms with E-state index >= 15 is 0 Å². The summed E-state index contributed by atoms with van der Waals surface area (Å²) in [4.78, 5) is 12.2. The van der Waals surface area contributed by atoms with Crippen molar-refractivity contribution in [3.63, 3.8) is 0 Å². The Hall–Kier alpha value is -2.44. The fraction of sp³-hybridized carbons (Fsp3) is 0.222. The summed E-state index contributed by atoms with van der Waals surface area (Å²) >= 11 is 11.9. The predicted molar refractivity (Wildman–Crippen MR) is 99.5 cm³/mol. The molecule has 3 rings (SSSR count). The van der Waals surface area contributed by atoms with Gasteiger partial charge in [0.1, 0.15) is 11.5 Å². The van der Waals surface area contributed by atoms with E-state index < -0.39 is 6.10 Å². The zero-order valence-corrected chi connectivity index (χ0v) is 15.5. The molecule has 1 atom stereocenters. The zero-order valence-electron chi connectivity index (χ0n) is 14.0. The molecule has 1 aromatic carbocycles. The van der Waals surface area contributed by atoms with Crippen LogP contribution in [0.1, 0.15) is 6.92 Å². The second kappa shape index (κ2) is 8.29. The number of nitrogens with zero attached hydrogens (tertiary/aromatic N) is 2. The van der Waals surface area contributed by atoms with Crippen LogP contribution >= 0.6 is 23.2 Å². The van der Waals surface area contributed by atoms with Gasteiger partial charge in [-0.05, 0) is 37.3 Å². The molecule has 0 radical (unpaired) electrons. The standard InChI is InChI=1S/C18H17Cl2N3O3/c1-12(26-17-5-4-14(19)9-15(17)20)18(24)21-6-7-23-11-13(10-22-23)16-3-2-8-25-16/h2-5,8-12H,6-7H2,1H3,(H,21,24). The van der Waals surface area contributed by atoms with Crippen molar-refractivity contribution < 1.29 is 13.9 Å². The second-order valence-electron chi connectivity index (χ2n) is 5.60. The van der Waals surface area contributed by atoms with Crippen molar-refractivity contribution in [3.8, 4) is 17.1 Å². The van der Waals surface area contributed by atoms with Gasteiger partial charge in [-0.3, -0.25) is 9.48 Å².